The molecule has 236 valence electrons. The number of ether oxygens (including phenoxy) is 1. The Morgan fingerprint density at radius 2 is 1.87 bits per heavy atom. The predicted octanol–water partition coefficient (Wildman–Crippen LogP) is 6.57. The number of anilines is 2. The summed E-state index contributed by atoms with van der Waals surface area (Å²) in [5.74, 6) is 0.935. The number of hydrogen-bond acceptors (Lipinski definition) is 7. The van der Waals surface area contributed by atoms with Crippen molar-refractivity contribution in [2.75, 3.05) is 24.1 Å². The van der Waals surface area contributed by atoms with E-state index in [0.29, 0.717) is 34.4 Å². The van der Waals surface area contributed by atoms with E-state index in [9.17, 15) is 18.0 Å². The monoisotopic (exact) mass is 627 g/mol. The van der Waals surface area contributed by atoms with Crippen LogP contribution in [0.2, 0.25) is 0 Å². The number of imidazole rings is 1. The second-order valence-electron chi connectivity index (χ2n) is 11.8. The smallest absolute Gasteiger partial charge is 0.416 e. The van der Waals surface area contributed by atoms with Crippen LogP contribution in [0.15, 0.2) is 79.3 Å². The number of aromatic nitrogens is 4. The molecule has 46 heavy (non-hydrogen) atoms. The summed E-state index contributed by atoms with van der Waals surface area (Å²) in [6.07, 6.45) is 4.57. The zero-order valence-corrected chi connectivity index (χ0v) is 24.9. The molecule has 1 amide bonds. The maximum Gasteiger partial charge on any atom is 0.416 e. The van der Waals surface area contributed by atoms with E-state index in [4.69, 9.17) is 15.5 Å². The summed E-state index contributed by atoms with van der Waals surface area (Å²) in [5.41, 5.74) is 8.49. The molecule has 12 heteroatoms. The number of hydrogen-bond donors (Lipinski definition) is 2. The lowest BCUT2D eigenvalue weighted by atomic mass is 9.92. The van der Waals surface area contributed by atoms with Gasteiger partial charge in [0.1, 0.15) is 41.0 Å². The Bertz CT molecular complexity index is 1890. The summed E-state index contributed by atoms with van der Waals surface area (Å²) < 4.78 is 48.1. The van der Waals surface area contributed by atoms with Crippen molar-refractivity contribution in [3.8, 4) is 17.0 Å². The standard InChI is InChI=1S/C34H32F3N7O2/c35-34(36,37)24-12-13-39-28(18-24)41-33(45)22-9-11-26(27(17-22)46-20-21-5-2-1-3-6-21)29-30-31(38)40-14-16-44(30)32(42-29)23-8-10-25-7-4-15-43(25)19-23/h1-3,5-6,9,11-14,16-18,23,25H,4,7-8,10,15,19-20H2,(H2,38,40)(H,39,41,45). The number of halogens is 3. The second kappa shape index (κ2) is 12.1. The highest BCUT2D eigenvalue weighted by Gasteiger charge is 2.35. The highest BCUT2D eigenvalue weighted by Crippen LogP contribution is 2.40. The van der Waals surface area contributed by atoms with Crippen LogP contribution in [-0.2, 0) is 12.8 Å². The van der Waals surface area contributed by atoms with E-state index in [1.54, 1.807) is 24.4 Å². The van der Waals surface area contributed by atoms with E-state index >= 15 is 0 Å². The van der Waals surface area contributed by atoms with Gasteiger partial charge in [0.25, 0.3) is 5.91 Å². The summed E-state index contributed by atoms with van der Waals surface area (Å²) in [6.45, 7) is 2.23. The van der Waals surface area contributed by atoms with Crippen LogP contribution in [0.25, 0.3) is 16.8 Å². The SMILES string of the molecule is Nc1nccn2c(C3CCC4CCCN4C3)nc(-c3ccc(C(=O)Nc4cc(C(F)(F)F)ccn4)cc3OCc3ccccc3)c12. The summed E-state index contributed by atoms with van der Waals surface area (Å²) in [7, 11) is 0. The van der Waals surface area contributed by atoms with Gasteiger partial charge in [0.05, 0.1) is 5.56 Å². The molecule has 3 N–H and O–H groups in total. The highest BCUT2D eigenvalue weighted by molar-refractivity contribution is 6.04. The maximum atomic E-state index is 13.3. The van der Waals surface area contributed by atoms with Gasteiger partial charge in [0, 0.05) is 48.2 Å². The minimum absolute atomic E-state index is 0.174. The Morgan fingerprint density at radius 3 is 2.70 bits per heavy atom. The van der Waals surface area contributed by atoms with Gasteiger partial charge in [0.15, 0.2) is 0 Å². The molecule has 3 aromatic heterocycles. The Hall–Kier alpha value is -4.97. The molecule has 0 bridgehead atoms. The van der Waals surface area contributed by atoms with E-state index in [1.165, 1.54) is 12.8 Å². The molecule has 0 radical (unpaired) electrons. The van der Waals surface area contributed by atoms with Crippen LogP contribution in [0.4, 0.5) is 24.8 Å². The lowest BCUT2D eigenvalue weighted by Crippen LogP contribution is -2.38. The molecular formula is C34H32F3N7O2. The van der Waals surface area contributed by atoms with Gasteiger partial charge < -0.3 is 15.8 Å². The van der Waals surface area contributed by atoms with Gasteiger partial charge in [-0.05, 0) is 68.1 Å². The Morgan fingerprint density at radius 1 is 1.02 bits per heavy atom. The van der Waals surface area contributed by atoms with Crippen LogP contribution >= 0.6 is 0 Å². The lowest BCUT2D eigenvalue weighted by molar-refractivity contribution is -0.137. The van der Waals surface area contributed by atoms with Gasteiger partial charge in [-0.15, -0.1) is 0 Å². The fraction of sp³-hybridized carbons (Fsp3) is 0.294. The van der Waals surface area contributed by atoms with Crippen molar-refractivity contribution in [2.45, 2.75) is 50.4 Å². The zero-order chi connectivity index (χ0) is 31.8. The third-order valence-electron chi connectivity index (χ3n) is 8.84. The molecule has 7 rings (SSSR count). The highest BCUT2D eigenvalue weighted by atomic mass is 19.4. The Labute approximate surface area is 263 Å². The third kappa shape index (κ3) is 5.87. The minimum atomic E-state index is -4.57. The normalized spacial score (nSPS) is 18.4. The van der Waals surface area contributed by atoms with Crippen LogP contribution in [-0.4, -0.2) is 49.3 Å². The maximum absolute atomic E-state index is 13.3. The second-order valence-corrected chi connectivity index (χ2v) is 11.8. The summed E-state index contributed by atoms with van der Waals surface area (Å²) >= 11 is 0. The van der Waals surface area contributed by atoms with Gasteiger partial charge in [-0.2, -0.15) is 13.2 Å². The minimum Gasteiger partial charge on any atom is -0.488 e. The van der Waals surface area contributed by atoms with E-state index in [2.05, 4.69) is 20.2 Å². The fourth-order valence-corrected chi connectivity index (χ4v) is 6.58. The quantitative estimate of drug-likeness (QED) is 0.210. The molecule has 0 spiro atoms. The zero-order valence-electron chi connectivity index (χ0n) is 24.9. The number of alkyl halides is 3. The molecule has 9 nitrogen and oxygen atoms in total. The van der Waals surface area contributed by atoms with E-state index in [1.807, 2.05) is 40.9 Å². The van der Waals surface area contributed by atoms with Crippen LogP contribution in [0.5, 0.6) is 5.75 Å². The van der Waals surface area contributed by atoms with Crippen LogP contribution in [0.1, 0.15) is 58.9 Å². The van der Waals surface area contributed by atoms with Crippen LogP contribution in [0.3, 0.4) is 0 Å². The van der Waals surface area contributed by atoms with Crippen molar-refractivity contribution in [1.82, 2.24) is 24.3 Å². The first-order chi connectivity index (χ1) is 22.2. The molecule has 2 fully saturated rings. The number of benzene rings is 2. The van der Waals surface area contributed by atoms with Crippen molar-refractivity contribution in [1.29, 1.82) is 0 Å². The van der Waals surface area contributed by atoms with E-state index < -0.39 is 17.6 Å². The summed E-state index contributed by atoms with van der Waals surface area (Å²) in [5, 5.41) is 2.48. The molecule has 2 saturated heterocycles. The Balaban J connectivity index is 1.27. The number of fused-ring (bicyclic) bond motifs is 2. The number of pyridine rings is 1. The molecule has 2 aromatic carbocycles. The molecule has 0 aliphatic carbocycles. The largest absolute Gasteiger partial charge is 0.488 e. The number of piperidine rings is 1. The number of nitrogens with zero attached hydrogens (tertiary/aromatic N) is 5. The number of nitrogens with two attached hydrogens (primary N) is 1. The first-order valence-corrected chi connectivity index (χ1v) is 15.3. The predicted molar refractivity (Wildman–Crippen MR) is 167 cm³/mol. The number of nitrogens with one attached hydrogen (secondary N) is 1. The van der Waals surface area contributed by atoms with Gasteiger partial charge >= 0.3 is 6.18 Å². The fourth-order valence-electron chi connectivity index (χ4n) is 6.58. The first-order valence-electron chi connectivity index (χ1n) is 15.3. The van der Waals surface area contributed by atoms with Crippen molar-refractivity contribution < 1.29 is 22.7 Å². The molecule has 2 aliphatic rings. The summed E-state index contributed by atoms with van der Waals surface area (Å²) in [6, 6.07) is 16.7. The van der Waals surface area contributed by atoms with Crippen molar-refractivity contribution in [2.24, 2.45) is 0 Å². The number of carbonyl (C=O) groups excluding carboxylic acids is 1. The summed E-state index contributed by atoms with van der Waals surface area (Å²) in [4.78, 5) is 29.3. The van der Waals surface area contributed by atoms with E-state index in [0.717, 1.165) is 55.6 Å². The molecule has 2 atom stereocenters. The number of nitrogen functional groups attached to an aromatic ring is 1. The molecule has 5 aromatic rings. The van der Waals surface area contributed by atoms with Crippen molar-refractivity contribution in [3.05, 3.63) is 102 Å². The number of carbonyl (C=O) groups is 1. The van der Waals surface area contributed by atoms with Gasteiger partial charge in [-0.25, -0.2) is 15.0 Å². The third-order valence-corrected chi connectivity index (χ3v) is 8.84. The molecule has 2 unspecified atom stereocenters. The van der Waals surface area contributed by atoms with Gasteiger partial charge in [-0.1, -0.05) is 30.3 Å². The molecule has 0 saturated carbocycles. The Kier molecular flexibility index (Phi) is 7.81. The molecule has 5 heterocycles. The van der Waals surface area contributed by atoms with Crippen molar-refractivity contribution in [3.63, 3.8) is 0 Å². The van der Waals surface area contributed by atoms with E-state index in [-0.39, 0.29) is 23.9 Å². The van der Waals surface area contributed by atoms with Gasteiger partial charge in [0.2, 0.25) is 0 Å². The molecule has 2 aliphatic heterocycles. The number of rotatable bonds is 7. The first kappa shape index (κ1) is 29.7. The topological polar surface area (TPSA) is 111 Å². The molecular weight excluding hydrogens is 595 g/mol. The van der Waals surface area contributed by atoms with Crippen LogP contribution < -0.4 is 15.8 Å². The van der Waals surface area contributed by atoms with Crippen LogP contribution in [0, 0.1) is 0 Å². The van der Waals surface area contributed by atoms with Gasteiger partial charge in [-0.3, -0.25) is 14.1 Å². The lowest BCUT2D eigenvalue weighted by Gasteiger charge is -2.34. The number of amides is 1. The average molecular weight is 628 g/mol. The van der Waals surface area contributed by atoms with Crippen molar-refractivity contribution >= 4 is 23.1 Å². The average Bonchev–Trinajstić information content (AvgIpc) is 3.69.